The first-order valence-electron chi connectivity index (χ1n) is 11.4. The van der Waals surface area contributed by atoms with E-state index < -0.39 is 5.60 Å². The van der Waals surface area contributed by atoms with Crippen LogP contribution in [0.4, 0.5) is 0 Å². The van der Waals surface area contributed by atoms with Crippen LogP contribution in [0.3, 0.4) is 0 Å². The number of nitrogens with zero attached hydrogens (tertiary/aromatic N) is 1. The Labute approximate surface area is 185 Å². The van der Waals surface area contributed by atoms with Gasteiger partial charge in [-0.25, -0.2) is 4.79 Å². The molecule has 0 radical (unpaired) electrons. The molecule has 0 atom stereocenters. The van der Waals surface area contributed by atoms with Gasteiger partial charge in [-0.2, -0.15) is 0 Å². The Balaban J connectivity index is 1.36. The van der Waals surface area contributed by atoms with E-state index in [9.17, 15) is 9.90 Å². The fraction of sp³-hybridized carbons (Fsp3) is 0.560. The minimum Gasteiger partial charge on any atom is -0.491 e. The van der Waals surface area contributed by atoms with Crippen LogP contribution in [0.15, 0.2) is 30.3 Å². The number of rotatable bonds is 10. The number of piperidine rings is 1. The molecule has 31 heavy (non-hydrogen) atoms. The topological polar surface area (TPSA) is 74.8 Å². The zero-order valence-electron chi connectivity index (χ0n) is 19.1. The second-order valence-electron chi connectivity index (χ2n) is 8.45. The van der Waals surface area contributed by atoms with Gasteiger partial charge in [-0.1, -0.05) is 30.3 Å². The summed E-state index contributed by atoms with van der Waals surface area (Å²) >= 11 is 0. The van der Waals surface area contributed by atoms with Crippen LogP contribution in [0, 0.1) is 13.8 Å². The van der Waals surface area contributed by atoms with Gasteiger partial charge in [0.15, 0.2) is 11.4 Å². The molecule has 2 heterocycles. The highest BCUT2D eigenvalue weighted by Crippen LogP contribution is 2.32. The van der Waals surface area contributed by atoms with Crippen LogP contribution in [0.2, 0.25) is 0 Å². The monoisotopic (exact) mass is 428 g/mol. The third-order valence-electron chi connectivity index (χ3n) is 6.28. The summed E-state index contributed by atoms with van der Waals surface area (Å²) in [5.74, 6) is 0.251. The predicted octanol–water partition coefficient (Wildman–Crippen LogP) is 4.34. The lowest BCUT2D eigenvalue weighted by Crippen LogP contribution is -2.42. The largest absolute Gasteiger partial charge is 0.491 e. The van der Waals surface area contributed by atoms with Gasteiger partial charge in [-0.15, -0.1) is 0 Å². The van der Waals surface area contributed by atoms with Gasteiger partial charge in [-0.3, -0.25) is 0 Å². The Bertz CT molecular complexity index is 839. The van der Waals surface area contributed by atoms with Crippen molar-refractivity contribution in [3.8, 4) is 5.75 Å². The zero-order valence-corrected chi connectivity index (χ0v) is 19.1. The molecule has 1 aromatic heterocycles. The molecule has 0 aliphatic carbocycles. The number of likely N-dealkylation sites (tertiary alicyclic amines) is 1. The van der Waals surface area contributed by atoms with E-state index in [1.165, 1.54) is 0 Å². The maximum absolute atomic E-state index is 12.1. The van der Waals surface area contributed by atoms with Crippen LogP contribution < -0.4 is 4.74 Å². The molecule has 0 saturated carbocycles. The number of aryl methyl sites for hydroxylation is 1. The number of hydrogen-bond acceptors (Lipinski definition) is 5. The Morgan fingerprint density at radius 3 is 2.52 bits per heavy atom. The highest BCUT2D eigenvalue weighted by Gasteiger charge is 2.33. The molecule has 0 unspecified atom stereocenters. The van der Waals surface area contributed by atoms with Crippen molar-refractivity contribution in [3.05, 3.63) is 52.8 Å². The van der Waals surface area contributed by atoms with Crippen LogP contribution in [-0.2, 0) is 10.3 Å². The van der Waals surface area contributed by atoms with E-state index in [4.69, 9.17) is 9.47 Å². The molecular formula is C25H36N2O4. The summed E-state index contributed by atoms with van der Waals surface area (Å²) in [5.41, 5.74) is 2.65. The number of benzene rings is 1. The fourth-order valence-electron chi connectivity index (χ4n) is 4.20. The lowest BCUT2D eigenvalue weighted by atomic mass is 9.84. The van der Waals surface area contributed by atoms with Crippen molar-refractivity contribution in [1.82, 2.24) is 9.88 Å². The van der Waals surface area contributed by atoms with E-state index in [1.54, 1.807) is 6.92 Å². The lowest BCUT2D eigenvalue weighted by molar-refractivity contribution is -0.0261. The molecule has 0 amide bonds. The minimum absolute atomic E-state index is 0.342. The van der Waals surface area contributed by atoms with Gasteiger partial charge in [0.05, 0.1) is 18.8 Å². The number of aliphatic hydroxyl groups is 1. The van der Waals surface area contributed by atoms with Crippen LogP contribution in [0.25, 0.3) is 0 Å². The molecular weight excluding hydrogens is 392 g/mol. The van der Waals surface area contributed by atoms with E-state index in [-0.39, 0.29) is 5.97 Å². The SMILES string of the molecule is CCOC(=O)c1[nH]c(C)c(C)c1OCCCCCN1CCC(O)(c2ccccc2)CC1. The van der Waals surface area contributed by atoms with Crippen LogP contribution in [0.5, 0.6) is 5.75 Å². The maximum atomic E-state index is 12.1. The third-order valence-corrected chi connectivity index (χ3v) is 6.28. The summed E-state index contributed by atoms with van der Waals surface area (Å²) in [6, 6.07) is 10.0. The molecule has 1 saturated heterocycles. The number of carbonyl (C=O) groups is 1. The van der Waals surface area contributed by atoms with E-state index in [1.807, 2.05) is 44.2 Å². The van der Waals surface area contributed by atoms with Gasteiger partial charge in [0.25, 0.3) is 0 Å². The van der Waals surface area contributed by atoms with Gasteiger partial charge in [0.1, 0.15) is 0 Å². The first-order chi connectivity index (χ1) is 14.9. The first-order valence-corrected chi connectivity index (χ1v) is 11.4. The van der Waals surface area contributed by atoms with Gasteiger partial charge >= 0.3 is 5.97 Å². The van der Waals surface area contributed by atoms with Crippen molar-refractivity contribution in [2.24, 2.45) is 0 Å². The summed E-state index contributed by atoms with van der Waals surface area (Å²) in [4.78, 5) is 17.6. The highest BCUT2D eigenvalue weighted by molar-refractivity contribution is 5.91. The molecule has 2 aromatic rings. The molecule has 1 aliphatic rings. The van der Waals surface area contributed by atoms with Crippen LogP contribution >= 0.6 is 0 Å². The number of hydrogen-bond donors (Lipinski definition) is 2. The summed E-state index contributed by atoms with van der Waals surface area (Å²) in [5, 5.41) is 11.0. The van der Waals surface area contributed by atoms with Crippen molar-refractivity contribution < 1.29 is 19.4 Å². The zero-order chi connectivity index (χ0) is 22.3. The maximum Gasteiger partial charge on any atom is 0.358 e. The van der Waals surface area contributed by atoms with Crippen molar-refractivity contribution in [1.29, 1.82) is 0 Å². The average Bonchev–Trinajstić information content (AvgIpc) is 3.07. The number of H-pyrrole nitrogens is 1. The molecule has 3 rings (SSSR count). The fourth-order valence-corrected chi connectivity index (χ4v) is 4.20. The third kappa shape index (κ3) is 5.89. The Morgan fingerprint density at radius 2 is 1.84 bits per heavy atom. The normalized spacial score (nSPS) is 16.3. The predicted molar refractivity (Wildman–Crippen MR) is 122 cm³/mol. The van der Waals surface area contributed by atoms with Crippen molar-refractivity contribution in [2.45, 2.75) is 58.5 Å². The molecule has 0 spiro atoms. The summed E-state index contributed by atoms with van der Waals surface area (Å²) in [7, 11) is 0. The molecule has 0 bridgehead atoms. The molecule has 6 heteroatoms. The molecule has 1 fully saturated rings. The Hall–Kier alpha value is -2.31. The number of carbonyl (C=O) groups excluding carboxylic acids is 1. The van der Waals surface area contributed by atoms with E-state index in [0.717, 1.165) is 68.6 Å². The standard InChI is InChI=1S/C25H36N2O4/c1-4-30-24(28)22-23(19(2)20(3)26-22)31-18-10-6-9-15-27-16-13-25(29,14-17-27)21-11-7-5-8-12-21/h5,7-8,11-12,26,29H,4,6,9-10,13-18H2,1-3H3. The molecule has 2 N–H and O–H groups in total. The second kappa shape index (κ2) is 10.8. The minimum atomic E-state index is -0.686. The molecule has 1 aliphatic heterocycles. The van der Waals surface area contributed by atoms with E-state index in [2.05, 4.69) is 9.88 Å². The molecule has 170 valence electrons. The Morgan fingerprint density at radius 1 is 1.13 bits per heavy atom. The first kappa shape index (κ1) is 23.4. The van der Waals surface area contributed by atoms with E-state index in [0.29, 0.717) is 24.7 Å². The van der Waals surface area contributed by atoms with Gasteiger partial charge in [-0.05, 0) is 65.0 Å². The van der Waals surface area contributed by atoms with E-state index >= 15 is 0 Å². The van der Waals surface area contributed by atoms with Crippen LogP contribution in [-0.4, -0.2) is 53.8 Å². The number of aromatic amines is 1. The summed E-state index contributed by atoms with van der Waals surface area (Å²) in [6.45, 7) is 9.50. The smallest absolute Gasteiger partial charge is 0.358 e. The van der Waals surface area contributed by atoms with Crippen molar-refractivity contribution >= 4 is 5.97 Å². The van der Waals surface area contributed by atoms with Crippen molar-refractivity contribution in [3.63, 3.8) is 0 Å². The summed E-state index contributed by atoms with van der Waals surface area (Å²) in [6.07, 6.45) is 4.67. The second-order valence-corrected chi connectivity index (χ2v) is 8.45. The van der Waals surface area contributed by atoms with Gasteiger partial charge in [0.2, 0.25) is 0 Å². The van der Waals surface area contributed by atoms with Crippen molar-refractivity contribution in [2.75, 3.05) is 32.8 Å². The average molecular weight is 429 g/mol. The number of unbranched alkanes of at least 4 members (excludes halogenated alkanes) is 2. The molecule has 1 aromatic carbocycles. The number of ether oxygens (including phenoxy) is 2. The Kier molecular flexibility index (Phi) is 8.15. The highest BCUT2D eigenvalue weighted by atomic mass is 16.5. The van der Waals surface area contributed by atoms with Gasteiger partial charge in [0, 0.05) is 24.3 Å². The quantitative estimate of drug-likeness (QED) is 0.435. The lowest BCUT2D eigenvalue weighted by Gasteiger charge is -2.38. The number of aromatic nitrogens is 1. The van der Waals surface area contributed by atoms with Gasteiger partial charge < -0.3 is 24.5 Å². The number of esters is 1. The van der Waals surface area contributed by atoms with Crippen LogP contribution in [0.1, 0.15) is 66.3 Å². The number of nitrogens with one attached hydrogen (secondary N) is 1. The summed E-state index contributed by atoms with van der Waals surface area (Å²) < 4.78 is 11.1. The molecule has 6 nitrogen and oxygen atoms in total.